The fourth-order valence-corrected chi connectivity index (χ4v) is 1.97. The molecule has 0 atom stereocenters. The normalized spacial score (nSPS) is 11.7. The Balaban J connectivity index is 3.34. The van der Waals surface area contributed by atoms with Gasteiger partial charge >= 0.3 is 6.18 Å². The van der Waals surface area contributed by atoms with E-state index in [1.807, 2.05) is 0 Å². The summed E-state index contributed by atoms with van der Waals surface area (Å²) in [6.07, 6.45) is -4.30. The van der Waals surface area contributed by atoms with Gasteiger partial charge in [0.25, 0.3) is 0 Å². The molecule has 0 saturated carbocycles. The molecule has 0 aliphatic carbocycles. The van der Waals surface area contributed by atoms with Gasteiger partial charge in [-0.3, -0.25) is 5.41 Å². The summed E-state index contributed by atoms with van der Waals surface area (Å²) in [6, 6.07) is 4.62. The number of nitrogen functional groups attached to an aromatic ring is 1. The Labute approximate surface area is 110 Å². The third kappa shape index (κ3) is 3.87. The van der Waals surface area contributed by atoms with Gasteiger partial charge in [-0.1, -0.05) is 12.1 Å². The van der Waals surface area contributed by atoms with E-state index in [0.717, 1.165) is 0 Å². The molecule has 0 aliphatic heterocycles. The summed E-state index contributed by atoms with van der Waals surface area (Å²) >= 11 is 0. The Kier molecular flexibility index (Phi) is 4.44. The molecule has 1 aromatic carbocycles. The molecule has 1 rings (SSSR count). The second-order valence-electron chi connectivity index (χ2n) is 4.72. The molecule has 3 nitrogen and oxygen atoms in total. The molecule has 3 N–H and O–H groups in total. The van der Waals surface area contributed by atoms with Gasteiger partial charge in [-0.25, -0.2) is 0 Å². The third-order valence-electron chi connectivity index (χ3n) is 2.79. The van der Waals surface area contributed by atoms with Crippen LogP contribution < -0.4 is 10.6 Å². The molecule has 106 valence electrons. The van der Waals surface area contributed by atoms with E-state index >= 15 is 0 Å². The zero-order chi connectivity index (χ0) is 14.8. The van der Waals surface area contributed by atoms with Gasteiger partial charge in [0.05, 0.1) is 5.69 Å². The van der Waals surface area contributed by atoms with E-state index in [9.17, 15) is 13.2 Å². The number of benzene rings is 1. The summed E-state index contributed by atoms with van der Waals surface area (Å²) in [6.45, 7) is 4.02. The first-order valence-electron chi connectivity index (χ1n) is 5.91. The SMILES string of the molecule is Cc1cccc(C(=N)N)c1N(CC(F)(F)F)C(C)C. The zero-order valence-corrected chi connectivity index (χ0v) is 11.2. The van der Waals surface area contributed by atoms with Gasteiger partial charge in [0, 0.05) is 11.6 Å². The largest absolute Gasteiger partial charge is 0.405 e. The lowest BCUT2D eigenvalue weighted by Crippen LogP contribution is -2.40. The maximum absolute atomic E-state index is 12.7. The van der Waals surface area contributed by atoms with Crippen LogP contribution in [0.1, 0.15) is 25.0 Å². The molecule has 0 aromatic heterocycles. The Morgan fingerprint density at radius 1 is 1.37 bits per heavy atom. The lowest BCUT2D eigenvalue weighted by Gasteiger charge is -2.32. The molecule has 0 bridgehead atoms. The minimum atomic E-state index is -4.30. The predicted molar refractivity (Wildman–Crippen MR) is 70.7 cm³/mol. The Morgan fingerprint density at radius 2 is 1.95 bits per heavy atom. The summed E-state index contributed by atoms with van der Waals surface area (Å²) < 4.78 is 38.1. The number of aryl methyl sites for hydroxylation is 1. The summed E-state index contributed by atoms with van der Waals surface area (Å²) in [7, 11) is 0. The van der Waals surface area contributed by atoms with Crippen LogP contribution in [0.25, 0.3) is 0 Å². The van der Waals surface area contributed by atoms with Crippen molar-refractivity contribution in [2.24, 2.45) is 5.73 Å². The molecule has 0 unspecified atom stereocenters. The summed E-state index contributed by atoms with van der Waals surface area (Å²) in [5.41, 5.74) is 6.84. The monoisotopic (exact) mass is 273 g/mol. The number of nitrogens with two attached hydrogens (primary N) is 1. The lowest BCUT2D eigenvalue weighted by molar-refractivity contribution is -0.120. The lowest BCUT2D eigenvalue weighted by atomic mass is 10.0. The Hall–Kier alpha value is -1.72. The number of anilines is 1. The van der Waals surface area contributed by atoms with Crippen molar-refractivity contribution in [1.29, 1.82) is 5.41 Å². The fourth-order valence-electron chi connectivity index (χ4n) is 1.97. The molecule has 19 heavy (non-hydrogen) atoms. The summed E-state index contributed by atoms with van der Waals surface area (Å²) in [5.74, 6) is -0.230. The van der Waals surface area contributed by atoms with E-state index in [1.165, 1.54) is 4.90 Å². The number of hydrogen-bond acceptors (Lipinski definition) is 2. The van der Waals surface area contributed by atoms with Gasteiger partial charge in [0.15, 0.2) is 0 Å². The van der Waals surface area contributed by atoms with Crippen LogP contribution in [0.3, 0.4) is 0 Å². The van der Waals surface area contributed by atoms with Crippen LogP contribution in [0.4, 0.5) is 18.9 Å². The third-order valence-corrected chi connectivity index (χ3v) is 2.79. The smallest absolute Gasteiger partial charge is 0.384 e. The topological polar surface area (TPSA) is 53.1 Å². The standard InChI is InChI=1S/C13H18F3N3/c1-8(2)19(7-13(14,15)16)11-9(3)5-4-6-10(11)12(17)18/h4-6,8H,7H2,1-3H3,(H3,17,18). The predicted octanol–water partition coefficient (Wildman–Crippen LogP) is 3.06. The average molecular weight is 273 g/mol. The van der Waals surface area contributed by atoms with Crippen molar-refractivity contribution < 1.29 is 13.2 Å². The number of halogens is 3. The highest BCUT2D eigenvalue weighted by atomic mass is 19.4. The van der Waals surface area contributed by atoms with Crippen LogP contribution >= 0.6 is 0 Å². The first-order valence-corrected chi connectivity index (χ1v) is 5.91. The number of para-hydroxylation sites is 1. The Morgan fingerprint density at radius 3 is 2.37 bits per heavy atom. The van der Waals surface area contributed by atoms with Crippen molar-refractivity contribution in [3.63, 3.8) is 0 Å². The zero-order valence-electron chi connectivity index (χ0n) is 11.2. The van der Waals surface area contributed by atoms with Crippen molar-refractivity contribution in [3.8, 4) is 0 Å². The number of nitrogens with zero attached hydrogens (tertiary/aromatic N) is 1. The molecule has 0 amide bonds. The van der Waals surface area contributed by atoms with Crippen molar-refractivity contribution in [3.05, 3.63) is 29.3 Å². The van der Waals surface area contributed by atoms with Crippen molar-refractivity contribution in [2.45, 2.75) is 33.0 Å². The van der Waals surface area contributed by atoms with Crippen LogP contribution in [0.15, 0.2) is 18.2 Å². The highest BCUT2D eigenvalue weighted by Gasteiger charge is 2.33. The van der Waals surface area contributed by atoms with Gasteiger partial charge in [-0.15, -0.1) is 0 Å². The molecular weight excluding hydrogens is 255 g/mol. The number of hydrogen-bond donors (Lipinski definition) is 2. The molecule has 0 aliphatic rings. The van der Waals surface area contributed by atoms with Crippen molar-refractivity contribution >= 4 is 11.5 Å². The summed E-state index contributed by atoms with van der Waals surface area (Å²) in [4.78, 5) is 1.23. The second-order valence-corrected chi connectivity index (χ2v) is 4.72. The van der Waals surface area contributed by atoms with E-state index in [1.54, 1.807) is 39.0 Å². The van der Waals surface area contributed by atoms with E-state index in [-0.39, 0.29) is 11.9 Å². The minimum absolute atomic E-state index is 0.230. The van der Waals surface area contributed by atoms with Crippen LogP contribution in [-0.2, 0) is 0 Å². The highest BCUT2D eigenvalue weighted by Crippen LogP contribution is 2.30. The molecule has 0 saturated heterocycles. The van der Waals surface area contributed by atoms with E-state index in [0.29, 0.717) is 16.8 Å². The highest BCUT2D eigenvalue weighted by molar-refractivity contribution is 6.01. The fraction of sp³-hybridized carbons (Fsp3) is 0.462. The maximum Gasteiger partial charge on any atom is 0.405 e. The minimum Gasteiger partial charge on any atom is -0.384 e. The van der Waals surface area contributed by atoms with Crippen LogP contribution in [0.2, 0.25) is 0 Å². The van der Waals surface area contributed by atoms with Gasteiger partial charge in [-0.2, -0.15) is 13.2 Å². The van der Waals surface area contributed by atoms with Crippen molar-refractivity contribution in [1.82, 2.24) is 0 Å². The number of nitrogens with one attached hydrogen (secondary N) is 1. The molecule has 0 fully saturated rings. The van der Waals surface area contributed by atoms with Gasteiger partial charge in [-0.05, 0) is 32.4 Å². The van der Waals surface area contributed by atoms with E-state index < -0.39 is 12.7 Å². The molecule has 1 aromatic rings. The molecule has 6 heteroatoms. The summed E-state index contributed by atoms with van der Waals surface area (Å²) in [5, 5.41) is 7.51. The van der Waals surface area contributed by atoms with E-state index in [2.05, 4.69) is 0 Å². The van der Waals surface area contributed by atoms with E-state index in [4.69, 9.17) is 11.1 Å². The quantitative estimate of drug-likeness (QED) is 0.654. The molecular formula is C13H18F3N3. The van der Waals surface area contributed by atoms with Crippen molar-refractivity contribution in [2.75, 3.05) is 11.4 Å². The van der Waals surface area contributed by atoms with Gasteiger partial charge in [0.1, 0.15) is 12.4 Å². The van der Waals surface area contributed by atoms with Gasteiger partial charge < -0.3 is 10.6 Å². The Bertz CT molecular complexity index is 467. The first-order chi connectivity index (χ1) is 8.63. The second kappa shape index (κ2) is 5.50. The molecule has 0 radical (unpaired) electrons. The van der Waals surface area contributed by atoms with Crippen LogP contribution in [-0.4, -0.2) is 24.6 Å². The van der Waals surface area contributed by atoms with Crippen LogP contribution in [0.5, 0.6) is 0 Å². The number of rotatable bonds is 4. The molecule has 0 spiro atoms. The first kappa shape index (κ1) is 15.3. The maximum atomic E-state index is 12.7. The van der Waals surface area contributed by atoms with Gasteiger partial charge in [0.2, 0.25) is 0 Å². The van der Waals surface area contributed by atoms with Crippen LogP contribution in [0, 0.1) is 12.3 Å². The number of amidine groups is 1. The molecule has 0 heterocycles. The average Bonchev–Trinajstić information content (AvgIpc) is 2.24. The number of alkyl halides is 3.